The zero-order valence-corrected chi connectivity index (χ0v) is 14.4. The molecule has 0 unspecified atom stereocenters. The molecule has 0 radical (unpaired) electrons. The van der Waals surface area contributed by atoms with E-state index < -0.39 is 29.6 Å². The fourth-order valence-corrected chi connectivity index (χ4v) is 2.19. The van der Waals surface area contributed by atoms with Gasteiger partial charge in [-0.15, -0.1) is 0 Å². The van der Waals surface area contributed by atoms with Crippen LogP contribution in [0.15, 0.2) is 24.5 Å². The minimum absolute atomic E-state index is 0.118. The van der Waals surface area contributed by atoms with E-state index in [0.717, 1.165) is 17.7 Å². The Morgan fingerprint density at radius 1 is 1.23 bits per heavy atom. The number of hydrogen-bond acceptors (Lipinski definition) is 6. The summed E-state index contributed by atoms with van der Waals surface area (Å²) in [5, 5.41) is 10.0. The lowest BCUT2D eigenvalue weighted by molar-refractivity contribution is -0.136. The molecule has 9 heteroatoms. The van der Waals surface area contributed by atoms with Gasteiger partial charge in [0.25, 0.3) is 5.95 Å². The molecule has 2 aromatic rings. The number of carbonyl (C=O) groups is 1. The molecular weight excluding hydrogens is 348 g/mol. The van der Waals surface area contributed by atoms with Crippen molar-refractivity contribution in [2.75, 3.05) is 18.7 Å². The van der Waals surface area contributed by atoms with Crippen molar-refractivity contribution in [1.82, 2.24) is 9.97 Å². The van der Waals surface area contributed by atoms with Crippen molar-refractivity contribution in [3.8, 4) is 5.75 Å². The van der Waals surface area contributed by atoms with E-state index in [-0.39, 0.29) is 11.7 Å². The summed E-state index contributed by atoms with van der Waals surface area (Å²) < 4.78 is 33.0. The second-order valence-corrected chi connectivity index (χ2v) is 5.45. The monoisotopic (exact) mass is 367 g/mol. The van der Waals surface area contributed by atoms with Crippen LogP contribution in [0.2, 0.25) is 0 Å². The summed E-state index contributed by atoms with van der Waals surface area (Å²) >= 11 is 0. The molecule has 1 N–H and O–H groups in total. The molecule has 1 aromatic carbocycles. The van der Waals surface area contributed by atoms with Gasteiger partial charge in [0.1, 0.15) is 11.6 Å². The SMILES string of the molecule is CCCN(Oc1cc(F)c(CC(=O)O)c(F)c1)c1ncc(COC)cn1. The number of rotatable bonds is 9. The van der Waals surface area contributed by atoms with E-state index in [1.165, 1.54) is 5.06 Å². The van der Waals surface area contributed by atoms with E-state index in [0.29, 0.717) is 19.6 Å². The lowest BCUT2D eigenvalue weighted by Gasteiger charge is -2.22. The Balaban J connectivity index is 2.22. The van der Waals surface area contributed by atoms with Crippen LogP contribution >= 0.6 is 0 Å². The number of hydroxylamine groups is 1. The smallest absolute Gasteiger partial charge is 0.308 e. The average molecular weight is 367 g/mol. The van der Waals surface area contributed by atoms with Crippen LogP contribution in [-0.4, -0.2) is 34.7 Å². The van der Waals surface area contributed by atoms with Gasteiger partial charge in [-0.05, 0) is 6.42 Å². The Morgan fingerprint density at radius 2 is 1.85 bits per heavy atom. The summed E-state index contributed by atoms with van der Waals surface area (Å²) in [4.78, 5) is 24.5. The minimum Gasteiger partial charge on any atom is -0.481 e. The molecule has 2 rings (SSSR count). The van der Waals surface area contributed by atoms with Gasteiger partial charge >= 0.3 is 5.97 Å². The molecule has 0 aliphatic rings. The van der Waals surface area contributed by atoms with Crippen molar-refractivity contribution >= 4 is 11.9 Å². The van der Waals surface area contributed by atoms with E-state index in [9.17, 15) is 13.6 Å². The molecule has 1 aromatic heterocycles. The highest BCUT2D eigenvalue weighted by Gasteiger charge is 2.18. The van der Waals surface area contributed by atoms with Gasteiger partial charge in [-0.3, -0.25) is 4.79 Å². The van der Waals surface area contributed by atoms with Gasteiger partial charge in [0.2, 0.25) is 0 Å². The first kappa shape index (κ1) is 19.5. The van der Waals surface area contributed by atoms with Crippen molar-refractivity contribution in [2.24, 2.45) is 0 Å². The van der Waals surface area contributed by atoms with Crippen LogP contribution in [0.4, 0.5) is 14.7 Å². The van der Waals surface area contributed by atoms with Gasteiger partial charge in [0, 0.05) is 42.8 Å². The van der Waals surface area contributed by atoms with Crippen LogP contribution in [0.3, 0.4) is 0 Å². The second kappa shape index (κ2) is 9.04. The van der Waals surface area contributed by atoms with Gasteiger partial charge in [0.05, 0.1) is 19.6 Å². The molecule has 26 heavy (non-hydrogen) atoms. The van der Waals surface area contributed by atoms with E-state index in [4.69, 9.17) is 14.7 Å². The van der Waals surface area contributed by atoms with Crippen LogP contribution in [0.1, 0.15) is 24.5 Å². The maximum Gasteiger partial charge on any atom is 0.308 e. The number of ether oxygens (including phenoxy) is 1. The van der Waals surface area contributed by atoms with E-state index in [2.05, 4.69) is 9.97 Å². The number of halogens is 2. The molecule has 0 fully saturated rings. The summed E-state index contributed by atoms with van der Waals surface area (Å²) in [5.74, 6) is -3.20. The lowest BCUT2D eigenvalue weighted by atomic mass is 10.1. The maximum absolute atomic E-state index is 14.0. The summed E-state index contributed by atoms with van der Waals surface area (Å²) in [7, 11) is 1.55. The Kier molecular flexibility index (Phi) is 6.79. The highest BCUT2D eigenvalue weighted by molar-refractivity contribution is 5.70. The largest absolute Gasteiger partial charge is 0.481 e. The predicted octanol–water partition coefficient (Wildman–Crippen LogP) is 2.74. The third-order valence-electron chi connectivity index (χ3n) is 3.31. The number of carboxylic acids is 1. The molecule has 0 saturated heterocycles. The summed E-state index contributed by atoms with van der Waals surface area (Å²) in [5.41, 5.74) is 0.245. The Hall–Kier alpha value is -2.81. The molecule has 0 aliphatic heterocycles. The van der Waals surface area contributed by atoms with Gasteiger partial charge in [-0.2, -0.15) is 5.06 Å². The van der Waals surface area contributed by atoms with Crippen LogP contribution in [-0.2, 0) is 22.6 Å². The van der Waals surface area contributed by atoms with Gasteiger partial charge in [-0.25, -0.2) is 18.7 Å². The third-order valence-corrected chi connectivity index (χ3v) is 3.31. The van der Waals surface area contributed by atoms with Gasteiger partial charge in [-0.1, -0.05) is 6.92 Å². The average Bonchev–Trinajstić information content (AvgIpc) is 2.59. The normalized spacial score (nSPS) is 10.6. The van der Waals surface area contributed by atoms with E-state index in [1.807, 2.05) is 6.92 Å². The van der Waals surface area contributed by atoms with Crippen molar-refractivity contribution in [2.45, 2.75) is 26.4 Å². The molecule has 0 spiro atoms. The first-order valence-corrected chi connectivity index (χ1v) is 7.89. The number of aliphatic carboxylic acids is 1. The Bertz CT molecular complexity index is 733. The quantitative estimate of drug-likeness (QED) is 0.682. The van der Waals surface area contributed by atoms with Crippen LogP contribution in [0, 0.1) is 11.6 Å². The second-order valence-electron chi connectivity index (χ2n) is 5.45. The topological polar surface area (TPSA) is 84.8 Å². The van der Waals surface area contributed by atoms with Gasteiger partial charge in [0.15, 0.2) is 5.75 Å². The Labute approximate surface area is 149 Å². The molecule has 0 bridgehead atoms. The number of benzene rings is 1. The number of anilines is 1. The summed E-state index contributed by atoms with van der Waals surface area (Å²) in [6.45, 7) is 2.63. The fraction of sp³-hybridized carbons (Fsp3) is 0.353. The van der Waals surface area contributed by atoms with Crippen molar-refractivity contribution in [3.05, 3.63) is 47.3 Å². The summed E-state index contributed by atoms with van der Waals surface area (Å²) in [6, 6.07) is 1.87. The molecule has 140 valence electrons. The third kappa shape index (κ3) is 5.09. The number of aromatic nitrogens is 2. The molecule has 1 heterocycles. The van der Waals surface area contributed by atoms with E-state index >= 15 is 0 Å². The number of carboxylic acid groups (broad SMARTS) is 1. The first-order chi connectivity index (χ1) is 12.4. The number of hydrogen-bond donors (Lipinski definition) is 1. The zero-order chi connectivity index (χ0) is 19.1. The minimum atomic E-state index is -1.33. The molecule has 0 amide bonds. The highest BCUT2D eigenvalue weighted by Crippen LogP contribution is 2.23. The molecule has 0 saturated carbocycles. The maximum atomic E-state index is 14.0. The van der Waals surface area contributed by atoms with Crippen LogP contribution in [0.25, 0.3) is 0 Å². The lowest BCUT2D eigenvalue weighted by Crippen LogP contribution is -2.30. The van der Waals surface area contributed by atoms with Gasteiger partial charge < -0.3 is 14.7 Å². The highest BCUT2D eigenvalue weighted by atomic mass is 19.1. The van der Waals surface area contributed by atoms with Crippen LogP contribution < -0.4 is 9.90 Å². The first-order valence-electron chi connectivity index (χ1n) is 7.89. The Morgan fingerprint density at radius 3 is 2.35 bits per heavy atom. The molecular formula is C17H19F2N3O4. The molecule has 7 nitrogen and oxygen atoms in total. The van der Waals surface area contributed by atoms with Crippen molar-refractivity contribution < 1.29 is 28.3 Å². The predicted molar refractivity (Wildman–Crippen MR) is 88.7 cm³/mol. The number of nitrogens with zero attached hydrogens (tertiary/aromatic N) is 3. The zero-order valence-electron chi connectivity index (χ0n) is 14.4. The van der Waals surface area contributed by atoms with E-state index in [1.54, 1.807) is 19.5 Å². The molecule has 0 atom stereocenters. The number of methoxy groups -OCH3 is 1. The summed E-state index contributed by atoms with van der Waals surface area (Å²) in [6.07, 6.45) is 3.05. The standard InChI is InChI=1S/C17H19F2N3O4/c1-3-4-22(17-20-8-11(9-21-17)10-25-2)26-12-5-14(18)13(7-16(23)24)15(19)6-12/h5-6,8-9H,3-4,7,10H2,1-2H3,(H,23,24). The van der Waals surface area contributed by atoms with Crippen LogP contribution in [0.5, 0.6) is 5.75 Å². The molecule has 0 aliphatic carbocycles. The van der Waals surface area contributed by atoms with Crippen molar-refractivity contribution in [3.63, 3.8) is 0 Å². The van der Waals surface area contributed by atoms with Crippen molar-refractivity contribution in [1.29, 1.82) is 0 Å². The fourth-order valence-electron chi connectivity index (χ4n) is 2.19.